The number of fused-ring (bicyclic) bond motifs is 1. The molecule has 0 unspecified atom stereocenters. The molecule has 0 saturated carbocycles. The van der Waals surface area contributed by atoms with Crippen molar-refractivity contribution in [2.75, 3.05) is 51.0 Å². The molecular weight excluding hydrogens is 522 g/mol. The number of nitrogen functional groups attached to an aromatic ring is 1. The number of rotatable bonds is 6. The van der Waals surface area contributed by atoms with E-state index in [-0.39, 0.29) is 5.95 Å². The molecule has 196 valence electrons. The van der Waals surface area contributed by atoms with E-state index in [1.165, 1.54) is 0 Å². The van der Waals surface area contributed by atoms with E-state index in [9.17, 15) is 0 Å². The van der Waals surface area contributed by atoms with E-state index < -0.39 is 0 Å². The molecule has 0 radical (unpaired) electrons. The van der Waals surface area contributed by atoms with Crippen LogP contribution < -0.4 is 25.4 Å². The Morgan fingerprint density at radius 2 is 1.68 bits per heavy atom. The summed E-state index contributed by atoms with van der Waals surface area (Å²) < 4.78 is 10.8. The van der Waals surface area contributed by atoms with Gasteiger partial charge < -0.3 is 30.3 Å². The minimum Gasteiger partial charge on any atom is -0.493 e. The number of thiocarbonyl (C=S) groups is 1. The van der Waals surface area contributed by atoms with Gasteiger partial charge in [0.15, 0.2) is 22.4 Å². The van der Waals surface area contributed by atoms with Crippen LogP contribution in [0, 0.1) is 0 Å². The van der Waals surface area contributed by atoms with Crippen molar-refractivity contribution in [1.29, 1.82) is 0 Å². The third kappa shape index (κ3) is 5.51. The number of methoxy groups -OCH3 is 2. The fraction of sp³-hybridized carbons (Fsp3) is 0.259. The lowest BCUT2D eigenvalue weighted by Gasteiger charge is -2.37. The molecule has 0 spiro atoms. The van der Waals surface area contributed by atoms with Crippen LogP contribution in [0.15, 0.2) is 54.6 Å². The van der Waals surface area contributed by atoms with Gasteiger partial charge in [-0.3, -0.25) is 0 Å². The number of piperazine rings is 1. The van der Waals surface area contributed by atoms with E-state index >= 15 is 0 Å². The molecule has 1 aliphatic heterocycles. The number of hydrogen-bond acceptors (Lipinski definition) is 8. The Morgan fingerprint density at radius 3 is 2.39 bits per heavy atom. The first kappa shape index (κ1) is 25.7. The third-order valence-electron chi connectivity index (χ3n) is 6.44. The predicted molar refractivity (Wildman–Crippen MR) is 155 cm³/mol. The zero-order valence-corrected chi connectivity index (χ0v) is 22.7. The molecule has 1 aliphatic rings. The number of hydrogen-bond donors (Lipinski definition) is 2. The maximum absolute atomic E-state index is 6.07. The smallest absolute Gasteiger partial charge is 0.222 e. The molecule has 0 amide bonds. The molecule has 2 aromatic carbocycles. The molecule has 3 N–H and O–H groups in total. The Labute approximate surface area is 231 Å². The predicted octanol–water partition coefficient (Wildman–Crippen LogP) is 4.14. The average molecular weight is 550 g/mol. The SMILES string of the molecule is COc1ccc(-c2ccc3nc(N)nc(N4CCN(C(=S)NCc5ccc(Cl)cc5)CC4)c3n2)cc1OC. The van der Waals surface area contributed by atoms with Crippen LogP contribution in [0.25, 0.3) is 22.3 Å². The fourth-order valence-electron chi connectivity index (χ4n) is 4.41. The summed E-state index contributed by atoms with van der Waals surface area (Å²) in [5.74, 6) is 2.23. The second kappa shape index (κ2) is 11.2. The monoisotopic (exact) mass is 549 g/mol. The highest BCUT2D eigenvalue weighted by Crippen LogP contribution is 2.33. The van der Waals surface area contributed by atoms with Gasteiger partial charge in [0, 0.05) is 43.3 Å². The first-order chi connectivity index (χ1) is 18.4. The minimum atomic E-state index is 0.218. The van der Waals surface area contributed by atoms with Gasteiger partial charge in [-0.1, -0.05) is 23.7 Å². The van der Waals surface area contributed by atoms with Gasteiger partial charge in [-0.05, 0) is 60.2 Å². The van der Waals surface area contributed by atoms with Gasteiger partial charge in [-0.25, -0.2) is 9.97 Å². The van der Waals surface area contributed by atoms with Crippen molar-refractivity contribution in [2.45, 2.75) is 6.54 Å². The number of halogens is 1. The van der Waals surface area contributed by atoms with E-state index in [1.54, 1.807) is 14.2 Å². The lowest BCUT2D eigenvalue weighted by atomic mass is 10.1. The summed E-state index contributed by atoms with van der Waals surface area (Å²) >= 11 is 11.6. The average Bonchev–Trinajstić information content (AvgIpc) is 2.95. The standard InChI is InChI=1S/C27H28ClN7O2S/c1-36-22-10-5-18(15-23(22)37-2)20-8-9-21-24(31-20)25(33-26(29)32-21)34-11-13-35(14-12-34)27(38)30-16-17-3-6-19(28)7-4-17/h3-10,15H,11-14,16H2,1-2H3,(H,30,38)(H2,29,32,33). The lowest BCUT2D eigenvalue weighted by molar-refractivity contribution is 0.355. The van der Waals surface area contributed by atoms with Crippen molar-refractivity contribution in [2.24, 2.45) is 0 Å². The summed E-state index contributed by atoms with van der Waals surface area (Å²) in [4.78, 5) is 18.3. The number of aromatic nitrogens is 3. The first-order valence-electron chi connectivity index (χ1n) is 12.1. The van der Waals surface area contributed by atoms with E-state index in [2.05, 4.69) is 25.1 Å². The Kier molecular flexibility index (Phi) is 7.62. The van der Waals surface area contributed by atoms with Crippen LogP contribution >= 0.6 is 23.8 Å². The number of ether oxygens (including phenoxy) is 2. The Hall–Kier alpha value is -3.89. The lowest BCUT2D eigenvalue weighted by Crippen LogP contribution is -2.51. The zero-order chi connectivity index (χ0) is 26.6. The molecule has 5 rings (SSSR count). The van der Waals surface area contributed by atoms with Crippen molar-refractivity contribution in [3.8, 4) is 22.8 Å². The van der Waals surface area contributed by atoms with E-state index in [0.717, 1.165) is 59.0 Å². The molecule has 11 heteroatoms. The molecule has 4 aromatic rings. The van der Waals surface area contributed by atoms with Crippen molar-refractivity contribution < 1.29 is 9.47 Å². The maximum atomic E-state index is 6.07. The van der Waals surface area contributed by atoms with E-state index in [4.69, 9.17) is 44.0 Å². The Morgan fingerprint density at radius 1 is 0.947 bits per heavy atom. The maximum Gasteiger partial charge on any atom is 0.222 e. The minimum absolute atomic E-state index is 0.218. The van der Waals surface area contributed by atoms with Crippen LogP contribution in [-0.2, 0) is 6.54 Å². The number of nitrogens with two attached hydrogens (primary N) is 1. The summed E-state index contributed by atoms with van der Waals surface area (Å²) in [6.45, 7) is 3.57. The number of nitrogens with zero attached hydrogens (tertiary/aromatic N) is 5. The molecule has 3 heterocycles. The summed E-state index contributed by atoms with van der Waals surface area (Å²) in [6.07, 6.45) is 0. The molecule has 1 saturated heterocycles. The van der Waals surface area contributed by atoms with Gasteiger partial charge in [0.05, 0.1) is 25.4 Å². The van der Waals surface area contributed by atoms with Crippen LogP contribution in [0.2, 0.25) is 5.02 Å². The molecule has 0 bridgehead atoms. The second-order valence-corrected chi connectivity index (χ2v) is 9.62. The number of nitrogens with one attached hydrogen (secondary N) is 1. The van der Waals surface area contributed by atoms with Gasteiger partial charge in [0.25, 0.3) is 0 Å². The zero-order valence-electron chi connectivity index (χ0n) is 21.1. The molecule has 9 nitrogen and oxygen atoms in total. The van der Waals surface area contributed by atoms with Crippen LogP contribution in [0.3, 0.4) is 0 Å². The quantitative estimate of drug-likeness (QED) is 0.341. The molecule has 2 aromatic heterocycles. The molecule has 0 aliphatic carbocycles. The highest BCUT2D eigenvalue weighted by molar-refractivity contribution is 7.80. The van der Waals surface area contributed by atoms with Gasteiger partial charge in [0.2, 0.25) is 5.95 Å². The van der Waals surface area contributed by atoms with Gasteiger partial charge in [0.1, 0.15) is 5.52 Å². The number of anilines is 2. The summed E-state index contributed by atoms with van der Waals surface area (Å²) in [5.41, 5.74) is 10.3. The highest BCUT2D eigenvalue weighted by atomic mass is 35.5. The second-order valence-electron chi connectivity index (χ2n) is 8.80. The Balaban J connectivity index is 1.33. The van der Waals surface area contributed by atoms with Crippen molar-refractivity contribution in [3.63, 3.8) is 0 Å². The van der Waals surface area contributed by atoms with Crippen LogP contribution in [-0.4, -0.2) is 65.4 Å². The van der Waals surface area contributed by atoms with Crippen molar-refractivity contribution >= 4 is 51.7 Å². The number of pyridine rings is 1. The summed E-state index contributed by atoms with van der Waals surface area (Å²) in [5, 5.41) is 4.78. The fourth-order valence-corrected chi connectivity index (χ4v) is 4.79. The van der Waals surface area contributed by atoms with Gasteiger partial charge >= 0.3 is 0 Å². The van der Waals surface area contributed by atoms with Gasteiger partial charge in [-0.2, -0.15) is 4.98 Å². The Bertz CT molecular complexity index is 1460. The number of benzene rings is 2. The summed E-state index contributed by atoms with van der Waals surface area (Å²) in [7, 11) is 3.23. The van der Waals surface area contributed by atoms with E-state index in [1.807, 2.05) is 54.6 Å². The van der Waals surface area contributed by atoms with Crippen molar-refractivity contribution in [1.82, 2.24) is 25.2 Å². The first-order valence-corrected chi connectivity index (χ1v) is 12.9. The molecule has 1 fully saturated rings. The highest BCUT2D eigenvalue weighted by Gasteiger charge is 2.23. The largest absolute Gasteiger partial charge is 0.493 e. The van der Waals surface area contributed by atoms with Crippen LogP contribution in [0.5, 0.6) is 11.5 Å². The topological polar surface area (TPSA) is 102 Å². The summed E-state index contributed by atoms with van der Waals surface area (Å²) in [6, 6.07) is 17.3. The molecule has 0 atom stereocenters. The van der Waals surface area contributed by atoms with Crippen LogP contribution in [0.1, 0.15) is 5.56 Å². The van der Waals surface area contributed by atoms with Crippen molar-refractivity contribution in [3.05, 3.63) is 65.2 Å². The third-order valence-corrected chi connectivity index (χ3v) is 7.10. The van der Waals surface area contributed by atoms with Gasteiger partial charge in [-0.15, -0.1) is 0 Å². The molecular formula is C27H28ClN7O2S. The molecule has 38 heavy (non-hydrogen) atoms. The normalized spacial score (nSPS) is 13.4. The van der Waals surface area contributed by atoms with E-state index in [0.29, 0.717) is 29.1 Å². The van der Waals surface area contributed by atoms with Crippen LogP contribution in [0.4, 0.5) is 11.8 Å².